The van der Waals surface area contributed by atoms with Gasteiger partial charge in [0, 0.05) is 67.6 Å². The van der Waals surface area contributed by atoms with Crippen LogP contribution in [0.5, 0.6) is 0 Å². The zero-order valence-corrected chi connectivity index (χ0v) is 20.2. The summed E-state index contributed by atoms with van der Waals surface area (Å²) in [6.07, 6.45) is 10.0. The summed E-state index contributed by atoms with van der Waals surface area (Å²) in [5, 5.41) is 15.5. The highest BCUT2D eigenvalue weighted by Crippen LogP contribution is 2.24. The molecule has 1 aliphatic rings. The van der Waals surface area contributed by atoms with Crippen molar-refractivity contribution in [1.29, 1.82) is 0 Å². The smallest absolute Gasteiger partial charge is 0.221 e. The van der Waals surface area contributed by atoms with Crippen LogP contribution in [-0.2, 0) is 17.6 Å². The van der Waals surface area contributed by atoms with E-state index in [-0.39, 0.29) is 5.91 Å². The molecule has 3 heterocycles. The van der Waals surface area contributed by atoms with Crippen LogP contribution in [0.4, 0.5) is 5.69 Å². The first-order chi connectivity index (χ1) is 17.2. The van der Waals surface area contributed by atoms with Crippen molar-refractivity contribution in [1.82, 2.24) is 30.0 Å². The van der Waals surface area contributed by atoms with Crippen LogP contribution in [0.3, 0.4) is 0 Å². The first kappa shape index (κ1) is 23.3. The normalized spacial score (nSPS) is 16.5. The fourth-order valence-corrected chi connectivity index (χ4v) is 5.01. The summed E-state index contributed by atoms with van der Waals surface area (Å²) in [7, 11) is 0. The molecular weight excluding hydrogens is 438 g/mol. The fraction of sp³-hybridized carbons (Fsp3) is 0.370. The largest absolute Gasteiger partial charge is 0.361 e. The molecular formula is C27H33N7O. The Labute approximate surface area is 205 Å². The van der Waals surface area contributed by atoms with Crippen molar-refractivity contribution in [2.24, 2.45) is 0 Å². The summed E-state index contributed by atoms with van der Waals surface area (Å²) in [4.78, 5) is 17.3. The molecule has 5 rings (SSSR count). The molecule has 1 fully saturated rings. The summed E-state index contributed by atoms with van der Waals surface area (Å²) >= 11 is 0. The molecule has 0 radical (unpaired) electrons. The van der Waals surface area contributed by atoms with Gasteiger partial charge in [-0.3, -0.25) is 14.3 Å². The predicted octanol–water partition coefficient (Wildman–Crippen LogP) is 3.55. The molecule has 35 heavy (non-hydrogen) atoms. The molecule has 0 saturated carbocycles. The maximum absolute atomic E-state index is 11.2. The van der Waals surface area contributed by atoms with Crippen molar-refractivity contribution < 1.29 is 4.79 Å². The number of nitrogens with one attached hydrogen (secondary N) is 3. The first-order valence-corrected chi connectivity index (χ1v) is 12.4. The number of benzene rings is 2. The molecule has 0 aliphatic carbocycles. The zero-order chi connectivity index (χ0) is 24.0. The third kappa shape index (κ3) is 5.78. The Hall–Kier alpha value is -3.49. The summed E-state index contributed by atoms with van der Waals surface area (Å²) in [6, 6.07) is 15.2. The van der Waals surface area contributed by atoms with E-state index in [4.69, 9.17) is 0 Å². The third-order valence-corrected chi connectivity index (χ3v) is 6.89. The van der Waals surface area contributed by atoms with Crippen LogP contribution in [0.2, 0.25) is 0 Å². The molecule has 1 unspecified atom stereocenters. The Morgan fingerprint density at radius 3 is 2.74 bits per heavy atom. The van der Waals surface area contributed by atoms with Gasteiger partial charge >= 0.3 is 0 Å². The van der Waals surface area contributed by atoms with E-state index in [2.05, 4.69) is 67.2 Å². The Bertz CT molecular complexity index is 1250. The maximum atomic E-state index is 11.2. The monoisotopic (exact) mass is 471 g/mol. The molecule has 8 heteroatoms. The van der Waals surface area contributed by atoms with Gasteiger partial charge in [-0.05, 0) is 67.1 Å². The topological polar surface area (TPSA) is 90.9 Å². The summed E-state index contributed by atoms with van der Waals surface area (Å²) in [5.41, 5.74) is 5.77. The van der Waals surface area contributed by atoms with Gasteiger partial charge in [0.05, 0.1) is 0 Å². The van der Waals surface area contributed by atoms with Gasteiger partial charge in [0.2, 0.25) is 5.91 Å². The third-order valence-electron chi connectivity index (χ3n) is 6.89. The molecule has 3 N–H and O–H groups in total. The fourth-order valence-electron chi connectivity index (χ4n) is 5.01. The number of amides is 1. The van der Waals surface area contributed by atoms with Gasteiger partial charge in [0.25, 0.3) is 0 Å². The maximum Gasteiger partial charge on any atom is 0.221 e. The van der Waals surface area contributed by atoms with Crippen LogP contribution in [-0.4, -0.2) is 62.8 Å². The number of rotatable bonds is 9. The van der Waals surface area contributed by atoms with Gasteiger partial charge in [-0.15, -0.1) is 10.2 Å². The summed E-state index contributed by atoms with van der Waals surface area (Å²) < 4.78 is 1.94. The quantitative estimate of drug-likeness (QED) is 0.347. The number of aromatic amines is 1. The Morgan fingerprint density at radius 1 is 1.11 bits per heavy atom. The number of aromatic nitrogens is 4. The van der Waals surface area contributed by atoms with Crippen molar-refractivity contribution in [3.05, 3.63) is 72.4 Å². The minimum Gasteiger partial charge on any atom is -0.361 e. The van der Waals surface area contributed by atoms with Crippen molar-refractivity contribution in [2.45, 2.75) is 38.6 Å². The lowest BCUT2D eigenvalue weighted by Gasteiger charge is -2.36. The molecule has 4 aromatic rings. The van der Waals surface area contributed by atoms with Gasteiger partial charge in [-0.1, -0.05) is 12.1 Å². The van der Waals surface area contributed by atoms with Gasteiger partial charge in [-0.25, -0.2) is 0 Å². The Morgan fingerprint density at radius 2 is 1.94 bits per heavy atom. The molecule has 2 aromatic heterocycles. The number of nitrogens with zero attached hydrogens (tertiary/aromatic N) is 4. The van der Waals surface area contributed by atoms with Crippen LogP contribution in [0.15, 0.2) is 61.3 Å². The molecule has 2 aromatic carbocycles. The van der Waals surface area contributed by atoms with Gasteiger partial charge in [0.15, 0.2) is 0 Å². The van der Waals surface area contributed by atoms with Gasteiger partial charge in [0.1, 0.15) is 12.7 Å². The molecule has 0 spiro atoms. The Kier molecular flexibility index (Phi) is 7.20. The number of hydrogen-bond acceptors (Lipinski definition) is 5. The number of fused-ring (bicyclic) bond motifs is 1. The average molecular weight is 472 g/mol. The SMILES string of the molecule is CC(=O)Nc1ccc(CCN2CCNCC2CCCc2c[nH]c3ccc(-n4cnnc4)cc23)cc1. The van der Waals surface area contributed by atoms with Crippen molar-refractivity contribution in [3.8, 4) is 5.69 Å². The highest BCUT2D eigenvalue weighted by atomic mass is 16.1. The lowest BCUT2D eigenvalue weighted by molar-refractivity contribution is -0.114. The second-order valence-corrected chi connectivity index (χ2v) is 9.33. The highest BCUT2D eigenvalue weighted by Gasteiger charge is 2.21. The number of piperazine rings is 1. The molecule has 182 valence electrons. The van der Waals surface area contributed by atoms with E-state index >= 15 is 0 Å². The van der Waals surface area contributed by atoms with E-state index < -0.39 is 0 Å². The minimum atomic E-state index is -0.0371. The standard InChI is InChI=1S/C27H33N7O/c1-20(35)32-23-7-5-21(6-8-23)11-13-33-14-12-28-17-25(33)4-2-3-22-16-29-27-10-9-24(15-26(22)27)34-18-30-31-19-34/h5-10,15-16,18-19,25,28-29H,2-4,11-14,17H2,1H3,(H,32,35). The van der Waals surface area contributed by atoms with E-state index in [0.29, 0.717) is 6.04 Å². The second kappa shape index (κ2) is 10.8. The number of aryl methyl sites for hydroxylation is 1. The second-order valence-electron chi connectivity index (χ2n) is 9.33. The van der Waals surface area contributed by atoms with Crippen LogP contribution in [0.25, 0.3) is 16.6 Å². The molecule has 8 nitrogen and oxygen atoms in total. The van der Waals surface area contributed by atoms with Crippen LogP contribution >= 0.6 is 0 Å². The molecule has 1 aliphatic heterocycles. The summed E-state index contributed by atoms with van der Waals surface area (Å²) in [5.74, 6) is -0.0371. The molecule has 0 bridgehead atoms. The van der Waals surface area contributed by atoms with E-state index in [9.17, 15) is 4.79 Å². The van der Waals surface area contributed by atoms with Gasteiger partial charge < -0.3 is 15.6 Å². The molecule has 1 atom stereocenters. The minimum absolute atomic E-state index is 0.0371. The average Bonchev–Trinajstić information content (AvgIpc) is 3.54. The lowest BCUT2D eigenvalue weighted by Crippen LogP contribution is -2.51. The highest BCUT2D eigenvalue weighted by molar-refractivity contribution is 5.88. The van der Waals surface area contributed by atoms with Crippen LogP contribution in [0, 0.1) is 0 Å². The van der Waals surface area contributed by atoms with E-state index in [1.54, 1.807) is 12.7 Å². The van der Waals surface area contributed by atoms with Crippen molar-refractivity contribution in [3.63, 3.8) is 0 Å². The van der Waals surface area contributed by atoms with Crippen LogP contribution < -0.4 is 10.6 Å². The van der Waals surface area contributed by atoms with Crippen molar-refractivity contribution >= 4 is 22.5 Å². The van der Waals surface area contributed by atoms with E-state index in [0.717, 1.165) is 56.8 Å². The van der Waals surface area contributed by atoms with E-state index in [1.807, 2.05) is 16.7 Å². The first-order valence-electron chi connectivity index (χ1n) is 12.4. The van der Waals surface area contributed by atoms with E-state index in [1.165, 1.54) is 35.4 Å². The number of hydrogen-bond donors (Lipinski definition) is 3. The number of anilines is 1. The van der Waals surface area contributed by atoms with Crippen LogP contribution in [0.1, 0.15) is 30.9 Å². The number of carbonyl (C=O) groups is 1. The molecule has 1 saturated heterocycles. The van der Waals surface area contributed by atoms with Crippen molar-refractivity contribution in [2.75, 3.05) is 31.5 Å². The summed E-state index contributed by atoms with van der Waals surface area (Å²) in [6.45, 7) is 5.78. The Balaban J connectivity index is 1.16. The zero-order valence-electron chi connectivity index (χ0n) is 20.2. The number of carbonyl (C=O) groups excluding carboxylic acids is 1. The predicted molar refractivity (Wildman–Crippen MR) is 139 cm³/mol. The number of H-pyrrole nitrogens is 1. The molecule has 1 amide bonds. The van der Waals surface area contributed by atoms with Gasteiger partial charge in [-0.2, -0.15) is 0 Å². The lowest BCUT2D eigenvalue weighted by atomic mass is 10.0.